The first-order valence-corrected chi connectivity index (χ1v) is 4.94. The summed E-state index contributed by atoms with van der Waals surface area (Å²) in [6, 6.07) is 6.47. The van der Waals surface area contributed by atoms with Crippen molar-refractivity contribution in [1.82, 2.24) is 10.1 Å². The quantitative estimate of drug-likeness (QED) is 0.755. The molecule has 3 nitrogen and oxygen atoms in total. The third kappa shape index (κ3) is 2.33. The van der Waals surface area contributed by atoms with E-state index in [0.29, 0.717) is 17.3 Å². The van der Waals surface area contributed by atoms with Gasteiger partial charge in [-0.15, -0.1) is 11.6 Å². The standard InChI is InChI=1S/C10H8ClFN2O/c11-6-9-13-10(15-14-9)5-7-3-1-2-4-8(7)12/h1-4H,5-6H2. The molecule has 1 aromatic heterocycles. The minimum Gasteiger partial charge on any atom is -0.339 e. The highest BCUT2D eigenvalue weighted by molar-refractivity contribution is 6.16. The summed E-state index contributed by atoms with van der Waals surface area (Å²) < 4.78 is 18.2. The van der Waals surface area contributed by atoms with Crippen molar-refractivity contribution < 1.29 is 8.91 Å². The van der Waals surface area contributed by atoms with Crippen molar-refractivity contribution in [1.29, 1.82) is 0 Å². The molecule has 2 rings (SSSR count). The van der Waals surface area contributed by atoms with E-state index in [1.54, 1.807) is 18.2 Å². The lowest BCUT2D eigenvalue weighted by Gasteiger charge is -1.97. The van der Waals surface area contributed by atoms with Crippen LogP contribution in [0.1, 0.15) is 17.3 Å². The zero-order valence-electron chi connectivity index (χ0n) is 7.78. The Morgan fingerprint density at radius 2 is 2.13 bits per heavy atom. The molecule has 0 spiro atoms. The Balaban J connectivity index is 2.18. The van der Waals surface area contributed by atoms with E-state index < -0.39 is 0 Å². The van der Waals surface area contributed by atoms with Gasteiger partial charge in [0.05, 0.1) is 12.3 Å². The maximum absolute atomic E-state index is 13.2. The van der Waals surface area contributed by atoms with Gasteiger partial charge in [0.15, 0.2) is 5.82 Å². The van der Waals surface area contributed by atoms with Gasteiger partial charge >= 0.3 is 0 Å². The van der Waals surface area contributed by atoms with Crippen molar-refractivity contribution in [3.8, 4) is 0 Å². The summed E-state index contributed by atoms with van der Waals surface area (Å²) in [5, 5.41) is 3.62. The molecule has 0 saturated heterocycles. The zero-order chi connectivity index (χ0) is 10.7. The highest BCUT2D eigenvalue weighted by Crippen LogP contribution is 2.12. The number of nitrogens with zero attached hydrogens (tertiary/aromatic N) is 2. The Bertz CT molecular complexity index is 458. The van der Waals surface area contributed by atoms with E-state index in [1.165, 1.54) is 6.07 Å². The van der Waals surface area contributed by atoms with Crippen molar-refractivity contribution in [2.45, 2.75) is 12.3 Å². The molecule has 0 amide bonds. The minimum absolute atomic E-state index is 0.195. The molecule has 0 fully saturated rings. The van der Waals surface area contributed by atoms with Crippen LogP contribution in [0.2, 0.25) is 0 Å². The van der Waals surface area contributed by atoms with Gasteiger partial charge in [-0.3, -0.25) is 0 Å². The van der Waals surface area contributed by atoms with E-state index in [4.69, 9.17) is 16.1 Å². The average Bonchev–Trinajstić information content (AvgIpc) is 2.69. The van der Waals surface area contributed by atoms with Gasteiger partial charge < -0.3 is 4.52 Å². The van der Waals surface area contributed by atoms with Gasteiger partial charge in [-0.25, -0.2) is 4.39 Å². The monoisotopic (exact) mass is 226 g/mol. The first-order valence-electron chi connectivity index (χ1n) is 4.40. The summed E-state index contributed by atoms with van der Waals surface area (Å²) >= 11 is 5.52. The summed E-state index contributed by atoms with van der Waals surface area (Å²) in [7, 11) is 0. The molecule has 1 heterocycles. The summed E-state index contributed by atoms with van der Waals surface area (Å²) in [6.45, 7) is 0. The van der Waals surface area contributed by atoms with E-state index in [2.05, 4.69) is 10.1 Å². The normalized spacial score (nSPS) is 10.5. The van der Waals surface area contributed by atoms with Crippen LogP contribution in [0.4, 0.5) is 4.39 Å². The van der Waals surface area contributed by atoms with Gasteiger partial charge in [-0.05, 0) is 11.6 Å². The number of aromatic nitrogens is 2. The molecule has 2 aromatic rings. The number of benzene rings is 1. The van der Waals surface area contributed by atoms with Gasteiger partial charge in [0, 0.05) is 0 Å². The van der Waals surface area contributed by atoms with Crippen molar-refractivity contribution in [2.24, 2.45) is 0 Å². The van der Waals surface area contributed by atoms with Crippen LogP contribution in [0.3, 0.4) is 0 Å². The Hall–Kier alpha value is -1.42. The molecule has 5 heteroatoms. The highest BCUT2D eigenvalue weighted by Gasteiger charge is 2.08. The van der Waals surface area contributed by atoms with Gasteiger partial charge in [-0.1, -0.05) is 23.4 Å². The van der Waals surface area contributed by atoms with E-state index in [-0.39, 0.29) is 18.1 Å². The Morgan fingerprint density at radius 3 is 2.80 bits per heavy atom. The molecule has 0 aliphatic heterocycles. The summed E-state index contributed by atoms with van der Waals surface area (Å²) in [6.07, 6.45) is 0.288. The molecule has 0 aliphatic rings. The van der Waals surface area contributed by atoms with Gasteiger partial charge in [0.1, 0.15) is 5.82 Å². The molecule has 0 aliphatic carbocycles. The van der Waals surface area contributed by atoms with Gasteiger partial charge in [0.25, 0.3) is 0 Å². The predicted octanol–water partition coefficient (Wildman–Crippen LogP) is 2.54. The van der Waals surface area contributed by atoms with Crippen LogP contribution in [0.15, 0.2) is 28.8 Å². The Morgan fingerprint density at radius 1 is 1.33 bits per heavy atom. The molecule has 0 radical (unpaired) electrons. The molecular weight excluding hydrogens is 219 g/mol. The van der Waals surface area contributed by atoms with Crippen LogP contribution < -0.4 is 0 Å². The lowest BCUT2D eigenvalue weighted by Crippen LogP contribution is -1.92. The van der Waals surface area contributed by atoms with Gasteiger partial charge in [0.2, 0.25) is 5.89 Å². The van der Waals surface area contributed by atoms with E-state index in [1.807, 2.05) is 0 Å². The fourth-order valence-corrected chi connectivity index (χ4v) is 1.33. The zero-order valence-corrected chi connectivity index (χ0v) is 8.54. The smallest absolute Gasteiger partial charge is 0.231 e. The van der Waals surface area contributed by atoms with Crippen LogP contribution >= 0.6 is 11.6 Å². The number of halogens is 2. The van der Waals surface area contributed by atoms with Crippen molar-refractivity contribution in [2.75, 3.05) is 0 Å². The van der Waals surface area contributed by atoms with E-state index in [9.17, 15) is 4.39 Å². The maximum Gasteiger partial charge on any atom is 0.231 e. The SMILES string of the molecule is Fc1ccccc1Cc1nc(CCl)no1. The number of hydrogen-bond acceptors (Lipinski definition) is 3. The second-order valence-electron chi connectivity index (χ2n) is 3.01. The topological polar surface area (TPSA) is 38.9 Å². The summed E-state index contributed by atoms with van der Waals surface area (Å²) in [4.78, 5) is 3.99. The molecule has 0 saturated carbocycles. The Kier molecular flexibility index (Phi) is 2.97. The second kappa shape index (κ2) is 4.40. The third-order valence-corrected chi connectivity index (χ3v) is 2.17. The fraction of sp³-hybridized carbons (Fsp3) is 0.200. The summed E-state index contributed by atoms with van der Waals surface area (Å²) in [5.74, 6) is 0.711. The lowest BCUT2D eigenvalue weighted by molar-refractivity contribution is 0.379. The molecule has 15 heavy (non-hydrogen) atoms. The highest BCUT2D eigenvalue weighted by atomic mass is 35.5. The maximum atomic E-state index is 13.2. The molecule has 0 bridgehead atoms. The van der Waals surface area contributed by atoms with Crippen LogP contribution in [-0.4, -0.2) is 10.1 Å². The molecule has 0 unspecified atom stereocenters. The first kappa shape index (κ1) is 10.1. The predicted molar refractivity (Wildman–Crippen MR) is 53.1 cm³/mol. The van der Waals surface area contributed by atoms with E-state index >= 15 is 0 Å². The third-order valence-electron chi connectivity index (χ3n) is 1.93. The fourth-order valence-electron chi connectivity index (χ4n) is 1.22. The van der Waals surface area contributed by atoms with Crippen LogP contribution in [0, 0.1) is 5.82 Å². The van der Waals surface area contributed by atoms with Gasteiger partial charge in [-0.2, -0.15) is 4.98 Å². The van der Waals surface area contributed by atoms with Crippen LogP contribution in [0.25, 0.3) is 0 Å². The minimum atomic E-state index is -0.275. The second-order valence-corrected chi connectivity index (χ2v) is 3.27. The van der Waals surface area contributed by atoms with Crippen LogP contribution in [0.5, 0.6) is 0 Å². The van der Waals surface area contributed by atoms with Crippen molar-refractivity contribution >= 4 is 11.6 Å². The molecular formula is C10H8ClFN2O. The van der Waals surface area contributed by atoms with E-state index in [0.717, 1.165) is 0 Å². The largest absolute Gasteiger partial charge is 0.339 e. The summed E-state index contributed by atoms with van der Waals surface area (Å²) in [5.41, 5.74) is 0.530. The molecule has 0 N–H and O–H groups in total. The average molecular weight is 227 g/mol. The lowest BCUT2D eigenvalue weighted by atomic mass is 10.1. The Labute approximate surface area is 90.9 Å². The number of rotatable bonds is 3. The molecule has 78 valence electrons. The van der Waals surface area contributed by atoms with Crippen molar-refractivity contribution in [3.63, 3.8) is 0 Å². The first-order chi connectivity index (χ1) is 7.29. The number of hydrogen-bond donors (Lipinski definition) is 0. The molecule has 0 atom stereocenters. The number of alkyl halides is 1. The molecule has 1 aromatic carbocycles. The van der Waals surface area contributed by atoms with Crippen molar-refractivity contribution in [3.05, 3.63) is 47.4 Å². The van der Waals surface area contributed by atoms with Crippen LogP contribution in [-0.2, 0) is 12.3 Å².